The Morgan fingerprint density at radius 3 is 2.52 bits per heavy atom. The van der Waals surface area contributed by atoms with E-state index in [4.69, 9.17) is 17.0 Å². The van der Waals surface area contributed by atoms with Crippen LogP contribution in [0.3, 0.4) is 0 Å². The average Bonchev–Trinajstić information content (AvgIpc) is 2.57. The van der Waals surface area contributed by atoms with E-state index in [9.17, 15) is 4.79 Å². The molecule has 0 fully saturated rings. The predicted octanol–water partition coefficient (Wildman–Crippen LogP) is 6.04. The zero-order valence-corrected chi connectivity index (χ0v) is 15.9. The van der Waals surface area contributed by atoms with E-state index >= 15 is 0 Å². The van der Waals surface area contributed by atoms with Crippen molar-refractivity contribution in [2.24, 2.45) is 0 Å². The summed E-state index contributed by atoms with van der Waals surface area (Å²) >= 11 is 6.88. The Balaban J connectivity index is 2.46. The number of thiocarbonyl (C=S) groups is 1. The van der Waals surface area contributed by atoms with E-state index in [0.717, 1.165) is 18.4 Å². The van der Waals surface area contributed by atoms with E-state index in [1.807, 2.05) is 37.3 Å². The fraction of sp³-hybridized carbons (Fsp3) is 0.579. The lowest BCUT2D eigenvalue weighted by Crippen LogP contribution is -2.11. The first-order chi connectivity index (χ1) is 11.2. The molecule has 1 atom stereocenters. The number of hydrogen-bond donors (Lipinski definition) is 0. The maximum atomic E-state index is 12.3. The minimum absolute atomic E-state index is 0.215. The number of unbranched alkanes of at least 4 members (excludes halogenated alkanes) is 3. The van der Waals surface area contributed by atoms with Crippen molar-refractivity contribution in [1.82, 2.24) is 0 Å². The zero-order valence-electron chi connectivity index (χ0n) is 14.3. The summed E-state index contributed by atoms with van der Waals surface area (Å²) in [5.74, 6) is 0.215. The number of carbonyl (C=O) groups is 1. The maximum Gasteiger partial charge on any atom is 0.220 e. The van der Waals surface area contributed by atoms with E-state index in [1.165, 1.54) is 25.7 Å². The second-order valence-electron chi connectivity index (χ2n) is 5.60. The molecule has 0 aliphatic rings. The van der Waals surface area contributed by atoms with Gasteiger partial charge in [-0.05, 0) is 32.0 Å². The molecule has 0 saturated heterocycles. The molecule has 0 aliphatic heterocycles. The van der Waals surface area contributed by atoms with Crippen LogP contribution < -0.4 is 0 Å². The first-order valence-corrected chi connectivity index (χ1v) is 9.87. The van der Waals surface area contributed by atoms with Crippen LogP contribution in [0.2, 0.25) is 0 Å². The molecule has 2 nitrogen and oxygen atoms in total. The summed E-state index contributed by atoms with van der Waals surface area (Å²) in [6.45, 7) is 4.77. The number of Topliss-reactive ketones (excluding diaryl/α,β-unsaturated/α-hetero) is 1. The Labute approximate surface area is 150 Å². The molecule has 0 spiro atoms. The summed E-state index contributed by atoms with van der Waals surface area (Å²) in [7, 11) is 0. The fourth-order valence-corrected chi connectivity index (χ4v) is 3.91. The highest BCUT2D eigenvalue weighted by molar-refractivity contribution is 8.23. The van der Waals surface area contributed by atoms with Gasteiger partial charge in [0.05, 0.1) is 6.61 Å². The zero-order chi connectivity index (χ0) is 16.9. The Bertz CT molecular complexity index is 460. The Hall–Kier alpha value is -0.870. The third-order valence-electron chi connectivity index (χ3n) is 3.69. The van der Waals surface area contributed by atoms with E-state index in [0.29, 0.717) is 22.7 Å². The smallest absolute Gasteiger partial charge is 0.220 e. The molecule has 4 heteroatoms. The summed E-state index contributed by atoms with van der Waals surface area (Å²) in [5, 5.41) is 0.374. The molecule has 1 aromatic carbocycles. The molecular formula is C19H28O2S2. The van der Waals surface area contributed by atoms with Gasteiger partial charge in [0.2, 0.25) is 4.38 Å². The summed E-state index contributed by atoms with van der Waals surface area (Å²) in [6.07, 6.45) is 7.49. The molecule has 0 amide bonds. The number of ketones is 1. The van der Waals surface area contributed by atoms with Gasteiger partial charge < -0.3 is 4.74 Å². The fourth-order valence-electron chi connectivity index (χ4n) is 2.41. The topological polar surface area (TPSA) is 26.3 Å². The molecule has 1 aromatic rings. The average molecular weight is 353 g/mol. The van der Waals surface area contributed by atoms with E-state index < -0.39 is 0 Å². The second-order valence-corrected chi connectivity index (χ2v) is 7.50. The Morgan fingerprint density at radius 1 is 1.13 bits per heavy atom. The number of benzene rings is 1. The van der Waals surface area contributed by atoms with Crippen LogP contribution in [0, 0.1) is 0 Å². The molecule has 0 aliphatic carbocycles. The maximum absolute atomic E-state index is 12.3. The summed E-state index contributed by atoms with van der Waals surface area (Å²) in [5.41, 5.74) is 0.801. The normalized spacial score (nSPS) is 11.9. The first kappa shape index (κ1) is 20.2. The van der Waals surface area contributed by atoms with E-state index in [1.54, 1.807) is 11.8 Å². The van der Waals surface area contributed by atoms with Crippen molar-refractivity contribution in [3.05, 3.63) is 35.9 Å². The molecule has 0 aromatic heterocycles. The van der Waals surface area contributed by atoms with E-state index in [2.05, 4.69) is 6.92 Å². The van der Waals surface area contributed by atoms with Crippen molar-refractivity contribution in [2.45, 2.75) is 64.0 Å². The number of thioether (sulfide) groups is 1. The van der Waals surface area contributed by atoms with Crippen molar-refractivity contribution in [2.75, 3.05) is 6.61 Å². The Kier molecular flexibility index (Phi) is 11.0. The summed E-state index contributed by atoms with van der Waals surface area (Å²) in [4.78, 5) is 12.3. The van der Waals surface area contributed by atoms with Gasteiger partial charge in [0.25, 0.3) is 0 Å². The number of hydrogen-bond acceptors (Lipinski definition) is 4. The van der Waals surface area contributed by atoms with Crippen LogP contribution in [-0.4, -0.2) is 22.0 Å². The molecule has 0 N–H and O–H groups in total. The third-order valence-corrected chi connectivity index (χ3v) is 5.22. The highest BCUT2D eigenvalue weighted by atomic mass is 32.2. The van der Waals surface area contributed by atoms with Crippen LogP contribution in [0.1, 0.15) is 69.2 Å². The first-order valence-electron chi connectivity index (χ1n) is 8.59. The van der Waals surface area contributed by atoms with Crippen molar-refractivity contribution in [3.8, 4) is 0 Å². The SMILES string of the molecule is CCCCCCC(CCC(=O)c1ccccc1)SC(=S)OCC. The quantitative estimate of drug-likeness (QED) is 0.275. The highest BCUT2D eigenvalue weighted by Crippen LogP contribution is 2.25. The number of ether oxygens (including phenoxy) is 1. The van der Waals surface area contributed by atoms with E-state index in [-0.39, 0.29) is 5.78 Å². The predicted molar refractivity (Wildman–Crippen MR) is 104 cm³/mol. The molecule has 1 unspecified atom stereocenters. The van der Waals surface area contributed by atoms with Crippen LogP contribution in [0.4, 0.5) is 0 Å². The monoisotopic (exact) mass is 352 g/mol. The molecule has 23 heavy (non-hydrogen) atoms. The van der Waals surface area contributed by atoms with Crippen molar-refractivity contribution >= 4 is 34.1 Å². The third kappa shape index (κ3) is 9.11. The lowest BCUT2D eigenvalue weighted by Gasteiger charge is -2.16. The van der Waals surface area contributed by atoms with Crippen molar-refractivity contribution < 1.29 is 9.53 Å². The standard InChI is InChI=1S/C19H28O2S2/c1-3-5-6-10-13-17(23-19(22)21-4-2)14-15-18(20)16-11-8-7-9-12-16/h7-9,11-12,17H,3-6,10,13-15H2,1-2H3. The van der Waals surface area contributed by atoms with Gasteiger partial charge in [-0.25, -0.2) is 0 Å². The second kappa shape index (κ2) is 12.5. The molecule has 128 valence electrons. The minimum Gasteiger partial charge on any atom is -0.479 e. The van der Waals surface area contributed by atoms with Crippen LogP contribution in [-0.2, 0) is 4.74 Å². The molecule has 0 heterocycles. The van der Waals surface area contributed by atoms with Gasteiger partial charge >= 0.3 is 0 Å². The molecule has 0 radical (unpaired) electrons. The molecule has 1 rings (SSSR count). The van der Waals surface area contributed by atoms with Crippen LogP contribution >= 0.6 is 24.0 Å². The summed E-state index contributed by atoms with van der Waals surface area (Å²) < 4.78 is 6.01. The minimum atomic E-state index is 0.215. The molecule has 0 bridgehead atoms. The number of carbonyl (C=O) groups excluding carboxylic acids is 1. The van der Waals surface area contributed by atoms with Gasteiger partial charge in [0.15, 0.2) is 5.78 Å². The van der Waals surface area contributed by atoms with Gasteiger partial charge in [-0.1, -0.05) is 74.7 Å². The van der Waals surface area contributed by atoms with Gasteiger partial charge in [-0.15, -0.1) is 0 Å². The van der Waals surface area contributed by atoms with Gasteiger partial charge in [-0.3, -0.25) is 4.79 Å². The van der Waals surface area contributed by atoms with Gasteiger partial charge in [0.1, 0.15) is 0 Å². The molecule has 0 saturated carbocycles. The van der Waals surface area contributed by atoms with Crippen LogP contribution in [0.25, 0.3) is 0 Å². The lowest BCUT2D eigenvalue weighted by atomic mass is 10.0. The van der Waals surface area contributed by atoms with Gasteiger partial charge in [-0.2, -0.15) is 0 Å². The Morgan fingerprint density at radius 2 is 1.87 bits per heavy atom. The van der Waals surface area contributed by atoms with Crippen molar-refractivity contribution in [3.63, 3.8) is 0 Å². The van der Waals surface area contributed by atoms with Crippen LogP contribution in [0.15, 0.2) is 30.3 Å². The highest BCUT2D eigenvalue weighted by Gasteiger charge is 2.15. The van der Waals surface area contributed by atoms with Crippen LogP contribution in [0.5, 0.6) is 0 Å². The molecular weight excluding hydrogens is 324 g/mol. The summed E-state index contributed by atoms with van der Waals surface area (Å²) in [6, 6.07) is 9.53. The lowest BCUT2D eigenvalue weighted by molar-refractivity contribution is 0.0979. The largest absolute Gasteiger partial charge is 0.479 e. The van der Waals surface area contributed by atoms with Gasteiger partial charge in [0, 0.05) is 17.2 Å². The number of rotatable bonds is 11. The van der Waals surface area contributed by atoms with Crippen molar-refractivity contribution in [1.29, 1.82) is 0 Å².